The number of aromatic nitrogens is 1. The zero-order valence-corrected chi connectivity index (χ0v) is 9.22. The Morgan fingerprint density at radius 3 is 3.07 bits per heavy atom. The lowest BCUT2D eigenvalue weighted by Crippen LogP contribution is -1.98. The van der Waals surface area contributed by atoms with Crippen molar-refractivity contribution in [3.05, 3.63) is 39.0 Å². The molecule has 4 heteroatoms. The molecule has 1 unspecified atom stereocenters. The zero-order valence-electron chi connectivity index (χ0n) is 7.59. The highest BCUT2D eigenvalue weighted by Crippen LogP contribution is 2.20. The maximum Gasteiger partial charge on any atom is 0.0971 e. The Bertz CT molecular complexity index is 355. The van der Waals surface area contributed by atoms with Crippen molar-refractivity contribution in [1.29, 1.82) is 0 Å². The summed E-state index contributed by atoms with van der Waals surface area (Å²) in [5, 5.41) is 13.7. The molecule has 0 saturated carbocycles. The van der Waals surface area contributed by atoms with Crippen LogP contribution in [0.2, 0.25) is 0 Å². The quantitative estimate of drug-likeness (QED) is 0.868. The zero-order chi connectivity index (χ0) is 9.80. The number of hydrogen-bond donors (Lipinski definition) is 1. The monoisotopic (exact) mass is 225 g/mol. The number of aryl methyl sites for hydroxylation is 1. The van der Waals surface area contributed by atoms with Crippen molar-refractivity contribution in [2.75, 3.05) is 0 Å². The highest BCUT2D eigenvalue weighted by Gasteiger charge is 2.09. The van der Waals surface area contributed by atoms with Gasteiger partial charge in [0.25, 0.3) is 0 Å². The molecule has 1 atom stereocenters. The molecule has 2 nitrogen and oxygen atoms in total. The van der Waals surface area contributed by atoms with Gasteiger partial charge in [0, 0.05) is 10.3 Å². The molecule has 2 heterocycles. The van der Waals surface area contributed by atoms with Crippen LogP contribution < -0.4 is 0 Å². The first-order valence-electron chi connectivity index (χ1n) is 4.45. The molecule has 74 valence electrons. The number of thiophene rings is 1. The van der Waals surface area contributed by atoms with Crippen molar-refractivity contribution >= 4 is 22.7 Å². The van der Waals surface area contributed by atoms with Crippen molar-refractivity contribution < 1.29 is 5.11 Å². The summed E-state index contributed by atoms with van der Waals surface area (Å²) in [6.07, 6.45) is 1.27. The molecule has 14 heavy (non-hydrogen) atoms. The first-order valence-corrected chi connectivity index (χ1v) is 6.27. The Balaban J connectivity index is 1.87. The van der Waals surface area contributed by atoms with E-state index in [-0.39, 0.29) is 0 Å². The molecule has 2 rings (SSSR count). The summed E-state index contributed by atoms with van der Waals surface area (Å²) in [6.45, 7) is 0. The van der Waals surface area contributed by atoms with Gasteiger partial charge in [0.15, 0.2) is 0 Å². The standard InChI is InChI=1S/C10H11NOS2/c12-10(9-6-13-7-11-9)4-3-8-2-1-5-14-8/h1-2,5-7,10,12H,3-4H2. The van der Waals surface area contributed by atoms with Gasteiger partial charge in [-0.05, 0) is 24.3 Å². The molecule has 0 fully saturated rings. The summed E-state index contributed by atoms with van der Waals surface area (Å²) in [7, 11) is 0. The van der Waals surface area contributed by atoms with E-state index in [0.29, 0.717) is 0 Å². The summed E-state index contributed by atoms with van der Waals surface area (Å²) in [4.78, 5) is 5.41. The van der Waals surface area contributed by atoms with Crippen LogP contribution in [0, 0.1) is 0 Å². The van der Waals surface area contributed by atoms with Gasteiger partial charge in [-0.25, -0.2) is 4.98 Å². The van der Waals surface area contributed by atoms with E-state index in [2.05, 4.69) is 16.4 Å². The molecule has 0 saturated heterocycles. The third-order valence-electron chi connectivity index (χ3n) is 2.04. The number of rotatable bonds is 4. The van der Waals surface area contributed by atoms with Gasteiger partial charge in [-0.3, -0.25) is 0 Å². The average Bonchev–Trinajstić information content (AvgIpc) is 2.87. The summed E-state index contributed by atoms with van der Waals surface area (Å²) >= 11 is 3.26. The highest BCUT2D eigenvalue weighted by molar-refractivity contribution is 7.09. The van der Waals surface area contributed by atoms with Gasteiger partial charge in [-0.15, -0.1) is 22.7 Å². The van der Waals surface area contributed by atoms with Crippen LogP contribution in [0.25, 0.3) is 0 Å². The second-order valence-electron chi connectivity index (χ2n) is 3.05. The van der Waals surface area contributed by atoms with Gasteiger partial charge in [0.05, 0.1) is 17.3 Å². The number of hydrogen-bond acceptors (Lipinski definition) is 4. The maximum absolute atomic E-state index is 9.76. The number of thiazole rings is 1. The third-order valence-corrected chi connectivity index (χ3v) is 3.58. The topological polar surface area (TPSA) is 33.1 Å². The molecule has 0 amide bonds. The van der Waals surface area contributed by atoms with E-state index >= 15 is 0 Å². The van der Waals surface area contributed by atoms with E-state index in [1.807, 2.05) is 11.4 Å². The van der Waals surface area contributed by atoms with E-state index in [0.717, 1.165) is 18.5 Å². The van der Waals surface area contributed by atoms with E-state index in [1.165, 1.54) is 16.2 Å². The van der Waals surface area contributed by atoms with Gasteiger partial charge in [0.2, 0.25) is 0 Å². The van der Waals surface area contributed by atoms with Crippen LogP contribution in [0.15, 0.2) is 28.4 Å². The second kappa shape index (κ2) is 4.68. The van der Waals surface area contributed by atoms with Crippen molar-refractivity contribution in [3.8, 4) is 0 Å². The fourth-order valence-electron chi connectivity index (χ4n) is 1.27. The fourth-order valence-corrected chi connectivity index (χ4v) is 2.59. The maximum atomic E-state index is 9.76. The third kappa shape index (κ3) is 2.41. The molecular formula is C10H11NOS2. The first-order chi connectivity index (χ1) is 6.86. The molecule has 0 aliphatic rings. The molecule has 0 bridgehead atoms. The Hall–Kier alpha value is -0.710. The van der Waals surface area contributed by atoms with Gasteiger partial charge in [0.1, 0.15) is 0 Å². The summed E-state index contributed by atoms with van der Waals surface area (Å²) in [5.74, 6) is 0. The lowest BCUT2D eigenvalue weighted by molar-refractivity contribution is 0.164. The van der Waals surface area contributed by atoms with Crippen molar-refractivity contribution in [1.82, 2.24) is 4.98 Å². The summed E-state index contributed by atoms with van der Waals surface area (Å²) in [6, 6.07) is 4.13. The van der Waals surface area contributed by atoms with Gasteiger partial charge >= 0.3 is 0 Å². The van der Waals surface area contributed by atoms with Crippen molar-refractivity contribution in [3.63, 3.8) is 0 Å². The van der Waals surface area contributed by atoms with Crippen LogP contribution in [0.4, 0.5) is 0 Å². The Morgan fingerprint density at radius 1 is 1.50 bits per heavy atom. The van der Waals surface area contributed by atoms with E-state index in [1.54, 1.807) is 16.8 Å². The molecule has 0 aliphatic carbocycles. The minimum atomic E-state index is -0.414. The minimum absolute atomic E-state index is 0.414. The molecule has 2 aromatic heterocycles. The van der Waals surface area contributed by atoms with Crippen LogP contribution in [0.5, 0.6) is 0 Å². The Labute approximate surface area is 90.9 Å². The lowest BCUT2D eigenvalue weighted by atomic mass is 10.1. The van der Waals surface area contributed by atoms with E-state index in [9.17, 15) is 5.11 Å². The summed E-state index contributed by atoms with van der Waals surface area (Å²) in [5.41, 5.74) is 2.55. The van der Waals surface area contributed by atoms with Gasteiger partial charge < -0.3 is 5.11 Å². The summed E-state index contributed by atoms with van der Waals surface area (Å²) < 4.78 is 0. The molecule has 0 spiro atoms. The SMILES string of the molecule is OC(CCc1cccs1)c1cscn1. The van der Waals surface area contributed by atoms with Crippen LogP contribution in [0.1, 0.15) is 23.1 Å². The molecule has 1 N–H and O–H groups in total. The van der Waals surface area contributed by atoms with Crippen LogP contribution in [-0.2, 0) is 6.42 Å². The van der Waals surface area contributed by atoms with Crippen LogP contribution in [-0.4, -0.2) is 10.1 Å². The van der Waals surface area contributed by atoms with Gasteiger partial charge in [-0.2, -0.15) is 0 Å². The number of nitrogens with zero attached hydrogens (tertiary/aromatic N) is 1. The molecule has 0 aliphatic heterocycles. The largest absolute Gasteiger partial charge is 0.387 e. The molecule has 0 radical (unpaired) electrons. The lowest BCUT2D eigenvalue weighted by Gasteiger charge is -2.05. The average molecular weight is 225 g/mol. The Kier molecular flexibility index (Phi) is 3.29. The van der Waals surface area contributed by atoms with Crippen molar-refractivity contribution in [2.45, 2.75) is 18.9 Å². The highest BCUT2D eigenvalue weighted by atomic mass is 32.1. The van der Waals surface area contributed by atoms with E-state index in [4.69, 9.17) is 0 Å². The van der Waals surface area contributed by atoms with Gasteiger partial charge in [-0.1, -0.05) is 6.07 Å². The molecular weight excluding hydrogens is 214 g/mol. The second-order valence-corrected chi connectivity index (χ2v) is 4.80. The minimum Gasteiger partial charge on any atom is -0.387 e. The van der Waals surface area contributed by atoms with Crippen molar-refractivity contribution in [2.24, 2.45) is 0 Å². The molecule has 0 aromatic carbocycles. The Morgan fingerprint density at radius 2 is 2.43 bits per heavy atom. The van der Waals surface area contributed by atoms with Crippen LogP contribution >= 0.6 is 22.7 Å². The molecule has 2 aromatic rings. The number of aliphatic hydroxyl groups is 1. The fraction of sp³-hybridized carbons (Fsp3) is 0.300. The predicted octanol–water partition coefficient (Wildman–Crippen LogP) is 2.87. The van der Waals surface area contributed by atoms with E-state index < -0.39 is 6.10 Å². The first kappa shape index (κ1) is 9.83. The smallest absolute Gasteiger partial charge is 0.0971 e. The predicted molar refractivity (Wildman–Crippen MR) is 59.7 cm³/mol. The normalized spacial score (nSPS) is 12.9. The van der Waals surface area contributed by atoms with Crippen LogP contribution in [0.3, 0.4) is 0 Å². The number of aliphatic hydroxyl groups excluding tert-OH is 1.